The van der Waals surface area contributed by atoms with E-state index < -0.39 is 27.6 Å². The second-order valence-corrected chi connectivity index (χ2v) is 11.7. The van der Waals surface area contributed by atoms with E-state index in [1.54, 1.807) is 49.4 Å². The second kappa shape index (κ2) is 12.3. The SMILES string of the molecule is C[C@@H](Cc1ccc(Cl)c(F)c1)C(=O)Nc1cccc(F)c1CC[C@@H]1CNCCN1S(=O)(=O)c1ccccc1. The first-order valence-corrected chi connectivity index (χ1v) is 14.3. The number of benzene rings is 3. The van der Waals surface area contributed by atoms with Crippen LogP contribution in [0.3, 0.4) is 0 Å². The van der Waals surface area contributed by atoms with Crippen LogP contribution in [0.4, 0.5) is 14.5 Å². The van der Waals surface area contributed by atoms with Gasteiger partial charge in [-0.1, -0.05) is 48.9 Å². The number of carbonyl (C=O) groups is 1. The minimum absolute atomic E-state index is 0.0126. The van der Waals surface area contributed by atoms with Crippen LogP contribution in [0.1, 0.15) is 24.5 Å². The van der Waals surface area contributed by atoms with E-state index in [0.717, 1.165) is 0 Å². The van der Waals surface area contributed by atoms with Crippen molar-refractivity contribution in [2.24, 2.45) is 5.92 Å². The predicted molar refractivity (Wildman–Crippen MR) is 145 cm³/mol. The highest BCUT2D eigenvalue weighted by molar-refractivity contribution is 7.89. The van der Waals surface area contributed by atoms with Crippen molar-refractivity contribution in [3.05, 3.63) is 94.5 Å². The lowest BCUT2D eigenvalue weighted by molar-refractivity contribution is -0.119. The molecule has 4 rings (SSSR count). The van der Waals surface area contributed by atoms with E-state index in [1.165, 1.54) is 28.6 Å². The largest absolute Gasteiger partial charge is 0.325 e. The molecule has 1 heterocycles. The molecule has 3 aromatic carbocycles. The van der Waals surface area contributed by atoms with E-state index in [4.69, 9.17) is 11.6 Å². The number of amides is 1. The Hall–Kier alpha value is -2.85. The van der Waals surface area contributed by atoms with E-state index in [-0.39, 0.29) is 34.7 Å². The molecule has 1 aliphatic heterocycles. The monoisotopic (exact) mass is 561 g/mol. The quantitative estimate of drug-likeness (QED) is 0.384. The zero-order chi connectivity index (χ0) is 27.3. The molecule has 0 unspecified atom stereocenters. The summed E-state index contributed by atoms with van der Waals surface area (Å²) in [5, 5.41) is 6.05. The molecular formula is C28H30ClF2N3O3S. The van der Waals surface area contributed by atoms with Crippen LogP contribution in [0.25, 0.3) is 0 Å². The topological polar surface area (TPSA) is 78.5 Å². The predicted octanol–water partition coefficient (Wildman–Crippen LogP) is 5.03. The lowest BCUT2D eigenvalue weighted by Gasteiger charge is -2.35. The maximum Gasteiger partial charge on any atom is 0.243 e. The highest BCUT2D eigenvalue weighted by Crippen LogP contribution is 2.26. The van der Waals surface area contributed by atoms with E-state index >= 15 is 0 Å². The molecule has 2 N–H and O–H groups in total. The van der Waals surface area contributed by atoms with Gasteiger partial charge in [-0.15, -0.1) is 0 Å². The lowest BCUT2D eigenvalue weighted by Crippen LogP contribution is -2.53. The van der Waals surface area contributed by atoms with Gasteiger partial charge in [-0.2, -0.15) is 4.31 Å². The molecule has 10 heteroatoms. The van der Waals surface area contributed by atoms with Gasteiger partial charge in [0.2, 0.25) is 15.9 Å². The van der Waals surface area contributed by atoms with Gasteiger partial charge in [-0.25, -0.2) is 17.2 Å². The lowest BCUT2D eigenvalue weighted by atomic mass is 9.99. The van der Waals surface area contributed by atoms with Crippen molar-refractivity contribution < 1.29 is 22.0 Å². The molecule has 38 heavy (non-hydrogen) atoms. The summed E-state index contributed by atoms with van der Waals surface area (Å²) in [6.45, 7) is 2.99. The smallest absolute Gasteiger partial charge is 0.243 e. The molecule has 0 spiro atoms. The number of hydrogen-bond acceptors (Lipinski definition) is 4. The van der Waals surface area contributed by atoms with E-state index in [2.05, 4.69) is 10.6 Å². The third kappa shape index (κ3) is 6.58. The van der Waals surface area contributed by atoms with Gasteiger partial charge in [-0.3, -0.25) is 4.79 Å². The van der Waals surface area contributed by atoms with Gasteiger partial charge in [0.05, 0.1) is 9.92 Å². The fourth-order valence-corrected chi connectivity index (χ4v) is 6.44. The number of halogens is 3. The summed E-state index contributed by atoms with van der Waals surface area (Å²) < 4.78 is 56.8. The Morgan fingerprint density at radius 3 is 2.61 bits per heavy atom. The second-order valence-electron chi connectivity index (χ2n) is 9.43. The molecule has 0 aliphatic carbocycles. The summed E-state index contributed by atoms with van der Waals surface area (Å²) in [7, 11) is -3.71. The van der Waals surface area contributed by atoms with Crippen LogP contribution in [0.2, 0.25) is 5.02 Å². The van der Waals surface area contributed by atoms with Gasteiger partial charge in [0.1, 0.15) is 11.6 Å². The summed E-state index contributed by atoms with van der Waals surface area (Å²) >= 11 is 5.74. The van der Waals surface area contributed by atoms with Crippen molar-refractivity contribution in [3.8, 4) is 0 Å². The summed E-state index contributed by atoms with van der Waals surface area (Å²) in [6, 6.07) is 16.8. The molecule has 1 amide bonds. The van der Waals surface area contributed by atoms with Crippen LogP contribution in [-0.2, 0) is 27.7 Å². The number of carbonyl (C=O) groups excluding carboxylic acids is 1. The van der Waals surface area contributed by atoms with Crippen LogP contribution < -0.4 is 10.6 Å². The fraction of sp³-hybridized carbons (Fsp3) is 0.321. The van der Waals surface area contributed by atoms with Gasteiger partial charge in [-0.05, 0) is 61.2 Å². The molecule has 0 saturated carbocycles. The molecule has 1 saturated heterocycles. The van der Waals surface area contributed by atoms with Crippen molar-refractivity contribution >= 4 is 33.2 Å². The van der Waals surface area contributed by atoms with Crippen LogP contribution in [0, 0.1) is 17.6 Å². The summed E-state index contributed by atoms with van der Waals surface area (Å²) in [6.07, 6.45) is 0.874. The number of anilines is 1. The Morgan fingerprint density at radius 2 is 1.87 bits per heavy atom. The van der Waals surface area contributed by atoms with Crippen LogP contribution >= 0.6 is 11.6 Å². The van der Waals surface area contributed by atoms with Crippen molar-refractivity contribution in [1.29, 1.82) is 0 Å². The number of rotatable bonds is 9. The zero-order valence-corrected chi connectivity index (χ0v) is 22.5. The van der Waals surface area contributed by atoms with Gasteiger partial charge in [0, 0.05) is 42.8 Å². The maximum absolute atomic E-state index is 14.9. The minimum Gasteiger partial charge on any atom is -0.325 e. The van der Waals surface area contributed by atoms with Crippen LogP contribution in [-0.4, -0.2) is 44.3 Å². The third-order valence-electron chi connectivity index (χ3n) is 6.72. The summed E-state index contributed by atoms with van der Waals surface area (Å²) in [4.78, 5) is 13.2. The highest BCUT2D eigenvalue weighted by Gasteiger charge is 2.33. The first-order valence-electron chi connectivity index (χ1n) is 12.5. The van der Waals surface area contributed by atoms with Gasteiger partial charge in [0.25, 0.3) is 0 Å². The molecule has 6 nitrogen and oxygen atoms in total. The van der Waals surface area contributed by atoms with E-state index in [0.29, 0.717) is 42.9 Å². The number of hydrogen-bond donors (Lipinski definition) is 2. The normalized spacial score (nSPS) is 17.2. The number of nitrogens with zero attached hydrogens (tertiary/aromatic N) is 1. The Kier molecular flexibility index (Phi) is 9.15. The summed E-state index contributed by atoms with van der Waals surface area (Å²) in [5.74, 6) is -1.87. The molecule has 202 valence electrons. The van der Waals surface area contributed by atoms with Crippen LogP contribution in [0.5, 0.6) is 0 Å². The molecule has 1 aliphatic rings. The van der Waals surface area contributed by atoms with Gasteiger partial charge in [0.15, 0.2) is 0 Å². The fourth-order valence-electron chi connectivity index (χ4n) is 4.64. The number of sulfonamides is 1. The molecule has 0 aromatic heterocycles. The van der Waals surface area contributed by atoms with Crippen molar-refractivity contribution in [2.45, 2.75) is 37.1 Å². The minimum atomic E-state index is -3.71. The summed E-state index contributed by atoms with van der Waals surface area (Å²) in [5.41, 5.74) is 1.28. The average Bonchev–Trinajstić information content (AvgIpc) is 2.91. The van der Waals surface area contributed by atoms with Crippen molar-refractivity contribution in [2.75, 3.05) is 25.0 Å². The van der Waals surface area contributed by atoms with Crippen molar-refractivity contribution in [3.63, 3.8) is 0 Å². The molecule has 0 bridgehead atoms. The molecule has 2 atom stereocenters. The Labute approximate surface area is 227 Å². The van der Waals surface area contributed by atoms with Crippen LogP contribution in [0.15, 0.2) is 71.6 Å². The Bertz CT molecular complexity index is 1390. The number of nitrogens with one attached hydrogen (secondary N) is 2. The van der Waals surface area contributed by atoms with E-state index in [9.17, 15) is 22.0 Å². The molecule has 1 fully saturated rings. The molecule has 3 aromatic rings. The van der Waals surface area contributed by atoms with Crippen molar-refractivity contribution in [1.82, 2.24) is 9.62 Å². The van der Waals surface area contributed by atoms with E-state index in [1.807, 2.05) is 0 Å². The Balaban J connectivity index is 1.46. The average molecular weight is 562 g/mol. The molecule has 0 radical (unpaired) electrons. The maximum atomic E-state index is 14.9. The highest BCUT2D eigenvalue weighted by atomic mass is 35.5. The number of piperazine rings is 1. The van der Waals surface area contributed by atoms with Gasteiger partial charge < -0.3 is 10.6 Å². The first-order chi connectivity index (χ1) is 18.2. The third-order valence-corrected chi connectivity index (χ3v) is 9.00. The molecular weight excluding hydrogens is 532 g/mol. The first kappa shape index (κ1) is 28.2. The Morgan fingerprint density at radius 1 is 1.11 bits per heavy atom. The standard InChI is InChI=1S/C28H30ClF2N3O3S/c1-19(16-20-10-13-24(29)26(31)17-20)28(35)33-27-9-5-8-25(30)23(27)12-11-21-18-32-14-15-34(21)38(36,37)22-6-3-2-4-7-22/h2-10,13,17,19,21,32H,11-12,14-16,18H2,1H3,(H,33,35)/t19-,21+/m0/s1. The van der Waals surface area contributed by atoms with Gasteiger partial charge >= 0.3 is 0 Å². The zero-order valence-electron chi connectivity index (χ0n) is 21.0.